The zero-order chi connectivity index (χ0) is 15.6. The van der Waals surface area contributed by atoms with Crippen molar-refractivity contribution in [2.24, 2.45) is 12.5 Å². The van der Waals surface area contributed by atoms with Gasteiger partial charge in [-0.1, -0.05) is 13.8 Å². The Hall–Kier alpha value is -2.05. The maximum Gasteiger partial charge on any atom is 0.321 e. The lowest BCUT2D eigenvalue weighted by atomic mass is 9.84. The normalized spacial score (nSPS) is 21.6. The summed E-state index contributed by atoms with van der Waals surface area (Å²) in [7, 11) is 1.80. The first-order valence-electron chi connectivity index (χ1n) is 7.23. The highest BCUT2D eigenvalue weighted by molar-refractivity contribution is 5.90. The smallest absolute Gasteiger partial charge is 0.321 e. The fourth-order valence-corrected chi connectivity index (χ4v) is 2.75. The highest BCUT2D eigenvalue weighted by atomic mass is 16.4. The van der Waals surface area contributed by atoms with E-state index in [9.17, 15) is 14.7 Å². The van der Waals surface area contributed by atoms with E-state index in [0.29, 0.717) is 25.1 Å². The van der Waals surface area contributed by atoms with E-state index in [4.69, 9.17) is 0 Å². The van der Waals surface area contributed by atoms with Crippen LogP contribution >= 0.6 is 0 Å². The lowest BCUT2D eigenvalue weighted by Crippen LogP contribution is -2.38. The molecule has 7 nitrogen and oxygen atoms in total. The van der Waals surface area contributed by atoms with E-state index in [1.54, 1.807) is 22.8 Å². The Bertz CT molecular complexity index is 554. The quantitative estimate of drug-likeness (QED) is 0.884. The Balaban J connectivity index is 2.07. The number of amides is 2. The van der Waals surface area contributed by atoms with Crippen LogP contribution in [0.1, 0.15) is 32.4 Å². The van der Waals surface area contributed by atoms with E-state index in [2.05, 4.69) is 10.4 Å². The molecule has 1 aromatic heterocycles. The van der Waals surface area contributed by atoms with Gasteiger partial charge in [-0.05, 0) is 19.3 Å². The average molecular weight is 294 g/mol. The summed E-state index contributed by atoms with van der Waals surface area (Å²) in [4.78, 5) is 25.3. The monoisotopic (exact) mass is 294 g/mol. The molecule has 2 amide bonds. The molecule has 0 spiro atoms. The van der Waals surface area contributed by atoms with Gasteiger partial charge in [0.05, 0.1) is 16.8 Å². The predicted molar refractivity (Wildman–Crippen MR) is 78.2 cm³/mol. The Morgan fingerprint density at radius 3 is 2.71 bits per heavy atom. The van der Waals surface area contributed by atoms with Gasteiger partial charge in [-0.25, -0.2) is 4.79 Å². The van der Waals surface area contributed by atoms with Gasteiger partial charge in [0.15, 0.2) is 0 Å². The molecule has 7 heteroatoms. The van der Waals surface area contributed by atoms with Gasteiger partial charge in [0.2, 0.25) is 0 Å². The van der Waals surface area contributed by atoms with E-state index >= 15 is 0 Å². The Labute approximate surface area is 123 Å². The number of carbonyl (C=O) groups is 2. The maximum absolute atomic E-state index is 12.3. The van der Waals surface area contributed by atoms with Gasteiger partial charge in [0.1, 0.15) is 0 Å². The molecule has 2 heterocycles. The maximum atomic E-state index is 12.3. The minimum absolute atomic E-state index is 0.255. The van der Waals surface area contributed by atoms with Crippen LogP contribution in [0.3, 0.4) is 0 Å². The second-order valence-corrected chi connectivity index (χ2v) is 5.56. The lowest BCUT2D eigenvalue weighted by Gasteiger charge is -2.23. The summed E-state index contributed by atoms with van der Waals surface area (Å²) in [6, 6.07) is -0.255. The number of nitrogens with zero attached hydrogens (tertiary/aromatic N) is 3. The third kappa shape index (κ3) is 2.86. The molecular formula is C14H22N4O3. The van der Waals surface area contributed by atoms with Gasteiger partial charge < -0.3 is 15.3 Å². The Morgan fingerprint density at radius 2 is 2.19 bits per heavy atom. The molecule has 1 aliphatic rings. The van der Waals surface area contributed by atoms with E-state index in [0.717, 1.165) is 12.1 Å². The average Bonchev–Trinajstić information content (AvgIpc) is 3.03. The van der Waals surface area contributed by atoms with Crippen LogP contribution in [0.15, 0.2) is 6.20 Å². The zero-order valence-electron chi connectivity index (χ0n) is 12.7. The molecule has 1 saturated heterocycles. The van der Waals surface area contributed by atoms with E-state index in [1.165, 1.54) is 0 Å². The molecule has 1 unspecified atom stereocenters. The van der Waals surface area contributed by atoms with Crippen LogP contribution in [0.4, 0.5) is 10.5 Å². The number of carboxylic acids is 1. The first kappa shape index (κ1) is 15.3. The second kappa shape index (κ2) is 5.75. The standard InChI is InChI=1S/C14H22N4O3/c1-4-10-11(8-17(3)16-10)15-13(21)18-7-6-14(5-2,9-18)12(19)20/h8H,4-7,9H2,1-3H3,(H,15,21)(H,19,20). The van der Waals surface area contributed by atoms with Crippen molar-refractivity contribution in [3.63, 3.8) is 0 Å². The molecule has 1 aromatic rings. The number of aliphatic carboxylic acids is 1. The number of rotatable bonds is 4. The van der Waals surface area contributed by atoms with E-state index in [-0.39, 0.29) is 12.6 Å². The largest absolute Gasteiger partial charge is 0.481 e. The van der Waals surface area contributed by atoms with Crippen molar-refractivity contribution in [3.8, 4) is 0 Å². The Kier molecular flexibility index (Phi) is 4.20. The van der Waals surface area contributed by atoms with Crippen molar-refractivity contribution in [2.75, 3.05) is 18.4 Å². The summed E-state index contributed by atoms with van der Waals surface area (Å²) in [5.74, 6) is -0.823. The van der Waals surface area contributed by atoms with Crippen molar-refractivity contribution >= 4 is 17.7 Å². The van der Waals surface area contributed by atoms with Crippen LogP contribution in [0.2, 0.25) is 0 Å². The van der Waals surface area contributed by atoms with Gasteiger partial charge >= 0.3 is 12.0 Å². The molecule has 116 valence electrons. The highest BCUT2D eigenvalue weighted by Gasteiger charge is 2.44. The summed E-state index contributed by atoms with van der Waals surface area (Å²) in [6.07, 6.45) is 3.51. The second-order valence-electron chi connectivity index (χ2n) is 5.56. The van der Waals surface area contributed by atoms with Crippen LogP contribution in [0, 0.1) is 5.41 Å². The highest BCUT2D eigenvalue weighted by Crippen LogP contribution is 2.34. The van der Waals surface area contributed by atoms with E-state index < -0.39 is 11.4 Å². The number of anilines is 1. The number of hydrogen-bond donors (Lipinski definition) is 2. The van der Waals surface area contributed by atoms with Crippen LogP contribution in [-0.2, 0) is 18.3 Å². The summed E-state index contributed by atoms with van der Waals surface area (Å²) in [5.41, 5.74) is 0.708. The van der Waals surface area contributed by atoms with Crippen molar-refractivity contribution < 1.29 is 14.7 Å². The fraction of sp³-hybridized carbons (Fsp3) is 0.643. The third-order valence-corrected chi connectivity index (χ3v) is 4.25. The van der Waals surface area contributed by atoms with Gasteiger partial charge in [-0.2, -0.15) is 5.10 Å². The number of nitrogens with one attached hydrogen (secondary N) is 1. The first-order valence-corrected chi connectivity index (χ1v) is 7.23. The molecule has 1 aliphatic heterocycles. The van der Waals surface area contributed by atoms with Crippen molar-refractivity contribution in [3.05, 3.63) is 11.9 Å². The predicted octanol–water partition coefficient (Wildman–Crippen LogP) is 1.70. The minimum atomic E-state index is -0.823. The van der Waals surface area contributed by atoms with Crippen molar-refractivity contribution in [2.45, 2.75) is 33.1 Å². The van der Waals surface area contributed by atoms with Gasteiger partial charge in [-0.3, -0.25) is 9.48 Å². The van der Waals surface area contributed by atoms with Gasteiger partial charge in [-0.15, -0.1) is 0 Å². The number of likely N-dealkylation sites (tertiary alicyclic amines) is 1. The number of carbonyl (C=O) groups excluding carboxylic acids is 1. The van der Waals surface area contributed by atoms with Crippen LogP contribution in [0.25, 0.3) is 0 Å². The molecule has 0 saturated carbocycles. The molecule has 0 radical (unpaired) electrons. The number of aryl methyl sites for hydroxylation is 2. The van der Waals surface area contributed by atoms with Crippen LogP contribution < -0.4 is 5.32 Å². The Morgan fingerprint density at radius 1 is 1.48 bits per heavy atom. The first-order chi connectivity index (χ1) is 9.91. The third-order valence-electron chi connectivity index (χ3n) is 4.25. The SMILES string of the molecule is CCc1nn(C)cc1NC(=O)N1CCC(CC)(C(=O)O)C1. The molecule has 0 aromatic carbocycles. The molecule has 2 rings (SSSR count). The molecule has 0 aliphatic carbocycles. The number of hydrogen-bond acceptors (Lipinski definition) is 3. The molecular weight excluding hydrogens is 272 g/mol. The van der Waals surface area contributed by atoms with Gasteiger partial charge in [0, 0.05) is 26.3 Å². The summed E-state index contributed by atoms with van der Waals surface area (Å²) in [6.45, 7) is 4.55. The molecule has 0 bridgehead atoms. The fourth-order valence-electron chi connectivity index (χ4n) is 2.75. The lowest BCUT2D eigenvalue weighted by molar-refractivity contribution is -0.148. The van der Waals surface area contributed by atoms with Crippen LogP contribution in [0.5, 0.6) is 0 Å². The summed E-state index contributed by atoms with van der Waals surface area (Å²) in [5, 5.41) is 16.5. The van der Waals surface area contributed by atoms with Crippen LogP contribution in [-0.4, -0.2) is 44.9 Å². The van der Waals surface area contributed by atoms with Gasteiger partial charge in [0.25, 0.3) is 0 Å². The molecule has 2 N–H and O–H groups in total. The molecule has 1 fully saturated rings. The zero-order valence-corrected chi connectivity index (χ0v) is 12.7. The summed E-state index contributed by atoms with van der Waals surface area (Å²) < 4.78 is 1.66. The molecule has 1 atom stereocenters. The topological polar surface area (TPSA) is 87.5 Å². The summed E-state index contributed by atoms with van der Waals surface area (Å²) >= 11 is 0. The van der Waals surface area contributed by atoms with E-state index in [1.807, 2.05) is 13.8 Å². The number of carboxylic acid groups (broad SMARTS) is 1. The minimum Gasteiger partial charge on any atom is -0.481 e. The van der Waals surface area contributed by atoms with Crippen molar-refractivity contribution in [1.82, 2.24) is 14.7 Å². The molecule has 21 heavy (non-hydrogen) atoms. The number of aromatic nitrogens is 2. The number of urea groups is 1. The van der Waals surface area contributed by atoms with Crippen molar-refractivity contribution in [1.29, 1.82) is 0 Å².